The van der Waals surface area contributed by atoms with Crippen LogP contribution in [0.4, 0.5) is 13.2 Å². The van der Waals surface area contributed by atoms with Gasteiger partial charge in [-0.05, 0) is 42.9 Å². The highest BCUT2D eigenvalue weighted by molar-refractivity contribution is 5.82. The first-order chi connectivity index (χ1) is 7.47. The predicted molar refractivity (Wildman–Crippen MR) is 50.4 cm³/mol. The van der Waals surface area contributed by atoms with Gasteiger partial charge in [0, 0.05) is 13.1 Å². The highest BCUT2D eigenvalue weighted by atomic mass is 19.4. The predicted octanol–water partition coefficient (Wildman–Crippen LogP) is 2.05. The summed E-state index contributed by atoms with van der Waals surface area (Å²) in [6.07, 6.45) is -1.21. The normalized spacial score (nSPS) is 41.6. The third-order valence-electron chi connectivity index (χ3n) is 4.67. The first kappa shape index (κ1) is 10.4. The molecule has 0 aromatic carbocycles. The van der Waals surface area contributed by atoms with Crippen LogP contribution >= 0.6 is 0 Å². The van der Waals surface area contributed by atoms with Gasteiger partial charge in [0.2, 0.25) is 0 Å². The zero-order chi connectivity index (χ0) is 11.5. The Balaban J connectivity index is 1.73. The van der Waals surface area contributed by atoms with E-state index in [1.807, 2.05) is 0 Å². The molecule has 3 fully saturated rings. The van der Waals surface area contributed by atoms with Gasteiger partial charge in [0.1, 0.15) is 0 Å². The molecule has 3 rings (SSSR count). The minimum Gasteiger partial charge on any atom is -0.334 e. The van der Waals surface area contributed by atoms with Crippen LogP contribution in [0.5, 0.6) is 0 Å². The van der Waals surface area contributed by atoms with E-state index in [2.05, 4.69) is 0 Å². The minimum atomic E-state index is -4.70. The largest absolute Gasteiger partial charge is 0.471 e. The maximum absolute atomic E-state index is 12.3. The van der Waals surface area contributed by atoms with Crippen LogP contribution in [0.2, 0.25) is 0 Å². The van der Waals surface area contributed by atoms with Crippen LogP contribution in [-0.2, 0) is 4.79 Å². The van der Waals surface area contributed by atoms with Gasteiger partial charge in [-0.3, -0.25) is 4.79 Å². The maximum Gasteiger partial charge on any atom is 0.471 e. The number of halogens is 3. The summed E-state index contributed by atoms with van der Waals surface area (Å²) < 4.78 is 36.9. The molecule has 0 radical (unpaired) electrons. The van der Waals surface area contributed by atoms with E-state index in [9.17, 15) is 18.0 Å². The van der Waals surface area contributed by atoms with Crippen LogP contribution in [0.3, 0.4) is 0 Å². The van der Waals surface area contributed by atoms with Crippen molar-refractivity contribution in [2.24, 2.45) is 23.7 Å². The molecule has 2 aliphatic carbocycles. The highest BCUT2D eigenvalue weighted by Gasteiger charge is 2.55. The maximum atomic E-state index is 12.3. The Morgan fingerprint density at radius 1 is 1.06 bits per heavy atom. The summed E-state index contributed by atoms with van der Waals surface area (Å²) in [4.78, 5) is 12.2. The fourth-order valence-electron chi connectivity index (χ4n) is 4.03. The molecule has 1 heterocycles. The first-order valence-corrected chi connectivity index (χ1v) is 5.83. The van der Waals surface area contributed by atoms with E-state index < -0.39 is 12.1 Å². The molecular weight excluding hydrogens is 219 g/mol. The van der Waals surface area contributed by atoms with Crippen LogP contribution in [0, 0.1) is 23.7 Å². The van der Waals surface area contributed by atoms with E-state index in [0.717, 1.165) is 17.7 Å². The Kier molecular flexibility index (Phi) is 2.04. The van der Waals surface area contributed by atoms with E-state index in [1.54, 1.807) is 0 Å². The molecule has 1 aliphatic heterocycles. The number of likely N-dealkylation sites (tertiary alicyclic amines) is 1. The molecule has 0 aromatic heterocycles. The fraction of sp³-hybridized carbons (Fsp3) is 0.909. The fourth-order valence-corrected chi connectivity index (χ4v) is 4.03. The molecule has 5 heteroatoms. The average Bonchev–Trinajstić information content (AvgIpc) is 2.86. The standard InChI is InChI=1S/C11H14F3NO/c12-11(13,14)10(16)15-4-8-6-1-2-7(3-6)9(8)5-15/h6-9H,1-5H2. The third-order valence-corrected chi connectivity index (χ3v) is 4.67. The number of nitrogens with zero attached hydrogens (tertiary/aromatic N) is 1. The van der Waals surface area contributed by atoms with E-state index in [-0.39, 0.29) is 0 Å². The molecule has 2 bridgehead atoms. The van der Waals surface area contributed by atoms with Gasteiger partial charge in [-0.2, -0.15) is 13.2 Å². The summed E-state index contributed by atoms with van der Waals surface area (Å²) in [5, 5.41) is 0. The molecule has 0 spiro atoms. The molecule has 1 saturated heterocycles. The third kappa shape index (κ3) is 1.36. The number of carbonyl (C=O) groups is 1. The van der Waals surface area contributed by atoms with Crippen molar-refractivity contribution < 1.29 is 18.0 Å². The van der Waals surface area contributed by atoms with E-state index >= 15 is 0 Å². The van der Waals surface area contributed by atoms with Gasteiger partial charge < -0.3 is 4.90 Å². The SMILES string of the molecule is O=C(N1CC2C3CCC(C3)C2C1)C(F)(F)F. The Hall–Kier alpha value is -0.740. The van der Waals surface area contributed by atoms with Gasteiger partial charge in [0.05, 0.1) is 0 Å². The van der Waals surface area contributed by atoms with Crippen molar-refractivity contribution in [3.05, 3.63) is 0 Å². The second-order valence-corrected chi connectivity index (χ2v) is 5.37. The highest BCUT2D eigenvalue weighted by Crippen LogP contribution is 2.55. The molecule has 16 heavy (non-hydrogen) atoms. The van der Waals surface area contributed by atoms with Gasteiger partial charge in [-0.15, -0.1) is 0 Å². The van der Waals surface area contributed by atoms with Crippen molar-refractivity contribution in [3.8, 4) is 0 Å². The lowest BCUT2D eigenvalue weighted by molar-refractivity contribution is -0.184. The summed E-state index contributed by atoms with van der Waals surface area (Å²) in [7, 11) is 0. The monoisotopic (exact) mass is 233 g/mol. The number of carbonyl (C=O) groups excluding carboxylic acids is 1. The molecular formula is C11H14F3NO. The summed E-state index contributed by atoms with van der Waals surface area (Å²) in [5.74, 6) is 0.235. The molecule has 2 nitrogen and oxygen atoms in total. The van der Waals surface area contributed by atoms with Crippen molar-refractivity contribution in [2.45, 2.75) is 25.4 Å². The Bertz CT molecular complexity index is 310. The Morgan fingerprint density at radius 2 is 1.56 bits per heavy atom. The van der Waals surface area contributed by atoms with Crippen LogP contribution in [0.15, 0.2) is 0 Å². The van der Waals surface area contributed by atoms with Crippen LogP contribution in [0.25, 0.3) is 0 Å². The number of amides is 1. The smallest absolute Gasteiger partial charge is 0.334 e. The van der Waals surface area contributed by atoms with E-state index in [0.29, 0.717) is 36.8 Å². The van der Waals surface area contributed by atoms with E-state index in [4.69, 9.17) is 0 Å². The molecule has 3 aliphatic rings. The average molecular weight is 233 g/mol. The number of fused-ring (bicyclic) bond motifs is 5. The van der Waals surface area contributed by atoms with Gasteiger partial charge >= 0.3 is 12.1 Å². The summed E-state index contributed by atoms with van der Waals surface area (Å²) >= 11 is 0. The number of rotatable bonds is 0. The molecule has 2 saturated carbocycles. The number of hydrogen-bond donors (Lipinski definition) is 0. The quantitative estimate of drug-likeness (QED) is 0.627. The Morgan fingerprint density at radius 3 is 2.00 bits per heavy atom. The van der Waals surface area contributed by atoms with Crippen LogP contribution in [0.1, 0.15) is 19.3 Å². The van der Waals surface area contributed by atoms with Crippen LogP contribution in [-0.4, -0.2) is 30.1 Å². The van der Waals surface area contributed by atoms with Gasteiger partial charge in [-0.25, -0.2) is 0 Å². The van der Waals surface area contributed by atoms with Crippen molar-refractivity contribution in [3.63, 3.8) is 0 Å². The second kappa shape index (κ2) is 3.14. The van der Waals surface area contributed by atoms with Crippen molar-refractivity contribution >= 4 is 5.91 Å². The van der Waals surface area contributed by atoms with Crippen molar-refractivity contribution in [1.29, 1.82) is 0 Å². The topological polar surface area (TPSA) is 20.3 Å². The molecule has 0 N–H and O–H groups in total. The zero-order valence-corrected chi connectivity index (χ0v) is 8.83. The molecule has 0 aromatic rings. The minimum absolute atomic E-state index is 0.337. The molecule has 90 valence electrons. The lowest BCUT2D eigenvalue weighted by Gasteiger charge is -2.22. The summed E-state index contributed by atoms with van der Waals surface area (Å²) in [6, 6.07) is 0. The van der Waals surface area contributed by atoms with Gasteiger partial charge in [-0.1, -0.05) is 0 Å². The molecule has 1 amide bonds. The number of alkyl halides is 3. The summed E-state index contributed by atoms with van der Waals surface area (Å²) in [5.41, 5.74) is 0. The van der Waals surface area contributed by atoms with Crippen molar-refractivity contribution in [2.75, 3.05) is 13.1 Å². The number of hydrogen-bond acceptors (Lipinski definition) is 1. The Labute approximate surface area is 91.8 Å². The van der Waals surface area contributed by atoms with Gasteiger partial charge in [0.15, 0.2) is 0 Å². The van der Waals surface area contributed by atoms with Crippen LogP contribution < -0.4 is 0 Å². The lowest BCUT2D eigenvalue weighted by Crippen LogP contribution is -2.40. The lowest BCUT2D eigenvalue weighted by atomic mass is 9.82. The van der Waals surface area contributed by atoms with Crippen molar-refractivity contribution in [1.82, 2.24) is 4.90 Å². The zero-order valence-electron chi connectivity index (χ0n) is 8.83. The molecule has 4 unspecified atom stereocenters. The molecule has 4 atom stereocenters. The van der Waals surface area contributed by atoms with Gasteiger partial charge in [0.25, 0.3) is 0 Å². The van der Waals surface area contributed by atoms with E-state index in [1.165, 1.54) is 6.42 Å². The first-order valence-electron chi connectivity index (χ1n) is 5.83. The summed E-state index contributed by atoms with van der Waals surface area (Å²) in [6.45, 7) is 0.675. The second-order valence-electron chi connectivity index (χ2n) is 5.37.